The first kappa shape index (κ1) is 20.2. The summed E-state index contributed by atoms with van der Waals surface area (Å²) in [6, 6.07) is 20.7. The minimum Gasteiger partial charge on any atom is -0.497 e. The zero-order chi connectivity index (χ0) is 21.1. The molecular weight excluding hydrogens is 376 g/mol. The highest BCUT2D eigenvalue weighted by Crippen LogP contribution is 2.48. The van der Waals surface area contributed by atoms with Crippen LogP contribution in [-0.4, -0.2) is 31.4 Å². The quantitative estimate of drug-likeness (QED) is 0.568. The fraction of sp³-hybridized carbons (Fsp3) is 0.269. The van der Waals surface area contributed by atoms with Crippen LogP contribution in [0.1, 0.15) is 36.0 Å². The second kappa shape index (κ2) is 8.72. The second-order valence-electron chi connectivity index (χ2n) is 7.49. The summed E-state index contributed by atoms with van der Waals surface area (Å²) in [5.74, 6) is 0.525. The standard InChI is InChI=1S/C26H26O4/c1-3-30-26(28)16-25-23-14-19(18-6-4-5-17(13-18)11-12-27)7-9-21(23)22-10-8-20(29-2)15-24(22)25/h4-10,13-15,25,27H,3,11-12,16H2,1-2H3. The summed E-state index contributed by atoms with van der Waals surface area (Å²) in [6.07, 6.45) is 0.935. The summed E-state index contributed by atoms with van der Waals surface area (Å²) in [6.45, 7) is 2.34. The molecule has 154 valence electrons. The molecule has 0 heterocycles. The average molecular weight is 402 g/mol. The Labute approximate surface area is 177 Å². The molecule has 0 aliphatic heterocycles. The highest BCUT2D eigenvalue weighted by Gasteiger charge is 2.31. The fourth-order valence-electron chi connectivity index (χ4n) is 4.29. The zero-order valence-corrected chi connectivity index (χ0v) is 17.4. The van der Waals surface area contributed by atoms with Crippen LogP contribution >= 0.6 is 0 Å². The number of hydrogen-bond donors (Lipinski definition) is 1. The van der Waals surface area contributed by atoms with E-state index in [0.29, 0.717) is 19.4 Å². The number of aliphatic hydroxyl groups is 1. The Morgan fingerprint density at radius 1 is 0.967 bits per heavy atom. The first-order chi connectivity index (χ1) is 14.6. The van der Waals surface area contributed by atoms with Crippen molar-refractivity contribution in [3.8, 4) is 28.0 Å². The summed E-state index contributed by atoms with van der Waals surface area (Å²) in [4.78, 5) is 12.4. The first-order valence-corrected chi connectivity index (χ1v) is 10.3. The van der Waals surface area contributed by atoms with E-state index in [1.807, 2.05) is 31.2 Å². The van der Waals surface area contributed by atoms with Crippen LogP contribution in [0, 0.1) is 0 Å². The predicted octanol–water partition coefficient (Wildman–Crippen LogP) is 4.96. The van der Waals surface area contributed by atoms with Gasteiger partial charge in [0.05, 0.1) is 20.1 Å². The minimum absolute atomic E-state index is 0.0651. The van der Waals surface area contributed by atoms with Crippen LogP contribution in [0.5, 0.6) is 5.75 Å². The van der Waals surface area contributed by atoms with E-state index in [-0.39, 0.29) is 18.5 Å². The molecule has 1 unspecified atom stereocenters. The van der Waals surface area contributed by atoms with Crippen molar-refractivity contribution < 1.29 is 19.4 Å². The Hall–Kier alpha value is -3.11. The lowest BCUT2D eigenvalue weighted by molar-refractivity contribution is -0.143. The number of hydrogen-bond acceptors (Lipinski definition) is 4. The van der Waals surface area contributed by atoms with Crippen molar-refractivity contribution in [1.29, 1.82) is 0 Å². The van der Waals surface area contributed by atoms with Crippen molar-refractivity contribution in [2.24, 2.45) is 0 Å². The van der Waals surface area contributed by atoms with E-state index in [4.69, 9.17) is 9.47 Å². The summed E-state index contributed by atoms with van der Waals surface area (Å²) in [5.41, 5.74) is 7.83. The summed E-state index contributed by atoms with van der Waals surface area (Å²) in [5, 5.41) is 9.26. The molecule has 1 aliphatic rings. The predicted molar refractivity (Wildman–Crippen MR) is 118 cm³/mol. The van der Waals surface area contributed by atoms with Gasteiger partial charge in [-0.3, -0.25) is 4.79 Å². The van der Waals surface area contributed by atoms with E-state index < -0.39 is 0 Å². The van der Waals surface area contributed by atoms with Gasteiger partial charge in [-0.2, -0.15) is 0 Å². The molecule has 0 aromatic heterocycles. The van der Waals surface area contributed by atoms with Crippen LogP contribution in [0.4, 0.5) is 0 Å². The van der Waals surface area contributed by atoms with E-state index in [1.54, 1.807) is 7.11 Å². The second-order valence-corrected chi connectivity index (χ2v) is 7.49. The average Bonchev–Trinajstić information content (AvgIpc) is 3.06. The summed E-state index contributed by atoms with van der Waals surface area (Å²) in [7, 11) is 1.65. The molecule has 0 bridgehead atoms. The van der Waals surface area contributed by atoms with Gasteiger partial charge in [-0.15, -0.1) is 0 Å². The van der Waals surface area contributed by atoms with Gasteiger partial charge >= 0.3 is 5.97 Å². The van der Waals surface area contributed by atoms with E-state index in [1.165, 1.54) is 0 Å². The highest BCUT2D eigenvalue weighted by atomic mass is 16.5. The van der Waals surface area contributed by atoms with Crippen molar-refractivity contribution in [2.45, 2.75) is 25.7 Å². The molecule has 30 heavy (non-hydrogen) atoms. The molecular formula is C26H26O4. The summed E-state index contributed by atoms with van der Waals surface area (Å²) < 4.78 is 10.7. The molecule has 0 saturated carbocycles. The molecule has 0 fully saturated rings. The van der Waals surface area contributed by atoms with Crippen LogP contribution in [0.3, 0.4) is 0 Å². The number of fused-ring (bicyclic) bond motifs is 3. The first-order valence-electron chi connectivity index (χ1n) is 10.3. The van der Waals surface area contributed by atoms with Gasteiger partial charge in [0.2, 0.25) is 0 Å². The molecule has 3 aromatic rings. The number of carbonyl (C=O) groups excluding carboxylic acids is 1. The Morgan fingerprint density at radius 2 is 1.70 bits per heavy atom. The van der Waals surface area contributed by atoms with E-state index >= 15 is 0 Å². The largest absolute Gasteiger partial charge is 0.497 e. The van der Waals surface area contributed by atoms with Gasteiger partial charge in [0, 0.05) is 12.5 Å². The third-order valence-corrected chi connectivity index (χ3v) is 5.69. The molecule has 1 aliphatic carbocycles. The van der Waals surface area contributed by atoms with Crippen LogP contribution in [0.25, 0.3) is 22.3 Å². The zero-order valence-electron chi connectivity index (χ0n) is 17.4. The highest BCUT2D eigenvalue weighted by molar-refractivity contribution is 5.85. The van der Waals surface area contributed by atoms with Gasteiger partial charge < -0.3 is 14.6 Å². The van der Waals surface area contributed by atoms with Gasteiger partial charge in [-0.1, -0.05) is 42.5 Å². The Morgan fingerprint density at radius 3 is 2.43 bits per heavy atom. The lowest BCUT2D eigenvalue weighted by atomic mass is 9.91. The number of rotatable bonds is 7. The van der Waals surface area contributed by atoms with E-state index in [9.17, 15) is 9.90 Å². The lowest BCUT2D eigenvalue weighted by Gasteiger charge is -2.14. The van der Waals surface area contributed by atoms with Crippen LogP contribution in [-0.2, 0) is 16.0 Å². The maximum absolute atomic E-state index is 12.4. The Balaban J connectivity index is 1.78. The lowest BCUT2D eigenvalue weighted by Crippen LogP contribution is -2.10. The molecule has 0 radical (unpaired) electrons. The SMILES string of the molecule is CCOC(=O)CC1c2cc(OC)ccc2-c2ccc(-c3cccc(CCO)c3)cc21. The molecule has 3 aromatic carbocycles. The molecule has 0 saturated heterocycles. The van der Waals surface area contributed by atoms with Crippen molar-refractivity contribution >= 4 is 5.97 Å². The smallest absolute Gasteiger partial charge is 0.306 e. The molecule has 1 N–H and O–H groups in total. The third kappa shape index (κ3) is 3.83. The molecule has 1 atom stereocenters. The van der Waals surface area contributed by atoms with Gasteiger partial charge in [-0.25, -0.2) is 0 Å². The minimum atomic E-state index is -0.195. The Bertz CT molecular complexity index is 1070. The maximum atomic E-state index is 12.4. The molecule has 0 amide bonds. The number of benzene rings is 3. The van der Waals surface area contributed by atoms with Gasteiger partial charge in [0.25, 0.3) is 0 Å². The number of ether oxygens (including phenoxy) is 2. The number of carbonyl (C=O) groups is 1. The van der Waals surface area contributed by atoms with Gasteiger partial charge in [-0.05, 0) is 70.5 Å². The van der Waals surface area contributed by atoms with Crippen molar-refractivity contribution in [2.75, 3.05) is 20.3 Å². The molecule has 4 nitrogen and oxygen atoms in total. The van der Waals surface area contributed by atoms with Crippen molar-refractivity contribution in [3.63, 3.8) is 0 Å². The van der Waals surface area contributed by atoms with Crippen LogP contribution in [0.2, 0.25) is 0 Å². The topological polar surface area (TPSA) is 55.8 Å². The number of methoxy groups -OCH3 is 1. The third-order valence-electron chi connectivity index (χ3n) is 5.69. The van der Waals surface area contributed by atoms with Crippen LogP contribution in [0.15, 0.2) is 60.7 Å². The summed E-state index contributed by atoms with van der Waals surface area (Å²) >= 11 is 0. The van der Waals surface area contributed by atoms with Gasteiger partial charge in [0.15, 0.2) is 0 Å². The molecule has 0 spiro atoms. The van der Waals surface area contributed by atoms with Gasteiger partial charge in [0.1, 0.15) is 5.75 Å². The van der Waals surface area contributed by atoms with Crippen LogP contribution < -0.4 is 4.74 Å². The van der Waals surface area contributed by atoms with E-state index in [2.05, 4.69) is 36.4 Å². The number of esters is 1. The van der Waals surface area contributed by atoms with E-state index in [0.717, 1.165) is 44.7 Å². The maximum Gasteiger partial charge on any atom is 0.306 e. The fourth-order valence-corrected chi connectivity index (χ4v) is 4.29. The monoisotopic (exact) mass is 402 g/mol. The molecule has 4 heteroatoms. The Kier molecular flexibility index (Phi) is 5.86. The van der Waals surface area contributed by atoms with Crippen molar-refractivity contribution in [3.05, 3.63) is 77.4 Å². The normalized spacial score (nSPS) is 14.2. The molecule has 4 rings (SSSR count). The number of aliphatic hydroxyl groups excluding tert-OH is 1. The van der Waals surface area contributed by atoms with Crippen molar-refractivity contribution in [1.82, 2.24) is 0 Å².